The summed E-state index contributed by atoms with van der Waals surface area (Å²) in [5.74, 6) is 1.14. The first-order valence-corrected chi connectivity index (χ1v) is 4.29. The van der Waals surface area contributed by atoms with Crippen LogP contribution in [0.1, 0.15) is 11.1 Å². The van der Waals surface area contributed by atoms with E-state index in [9.17, 15) is 0 Å². The number of hydrogen-bond donors (Lipinski definition) is 1. The van der Waals surface area contributed by atoms with Gasteiger partial charge in [-0.3, -0.25) is 0 Å². The molecule has 0 saturated carbocycles. The fourth-order valence-corrected chi connectivity index (χ4v) is 1.19. The first-order valence-electron chi connectivity index (χ1n) is 4.29. The second-order valence-electron chi connectivity index (χ2n) is 3.04. The smallest absolute Gasteiger partial charge is 0.197 e. The Morgan fingerprint density at radius 3 is 2.87 bits per heavy atom. The van der Waals surface area contributed by atoms with E-state index in [2.05, 4.69) is 9.97 Å². The van der Waals surface area contributed by atoms with Crippen LogP contribution >= 0.6 is 0 Å². The zero-order valence-corrected chi connectivity index (χ0v) is 8.06. The number of nitrogens with two attached hydrogens (primary N) is 1. The maximum absolute atomic E-state index is 8.66. The van der Waals surface area contributed by atoms with Crippen molar-refractivity contribution in [3.05, 3.63) is 29.7 Å². The van der Waals surface area contributed by atoms with Crippen molar-refractivity contribution < 1.29 is 4.42 Å². The van der Waals surface area contributed by atoms with Crippen LogP contribution in [0.5, 0.6) is 0 Å². The number of nitriles is 1. The molecule has 2 N–H and O–H groups in total. The van der Waals surface area contributed by atoms with E-state index in [4.69, 9.17) is 15.4 Å². The van der Waals surface area contributed by atoms with Gasteiger partial charge in [-0.15, -0.1) is 0 Å². The zero-order valence-electron chi connectivity index (χ0n) is 8.06. The van der Waals surface area contributed by atoms with Gasteiger partial charge in [0, 0.05) is 0 Å². The molecule has 0 amide bonds. The van der Waals surface area contributed by atoms with Crippen LogP contribution in [0.15, 0.2) is 22.9 Å². The predicted octanol–water partition coefficient (Wildman–Crippen LogP) is 1.50. The van der Waals surface area contributed by atoms with Crippen molar-refractivity contribution in [2.45, 2.75) is 6.92 Å². The maximum atomic E-state index is 8.66. The highest BCUT2D eigenvalue weighted by molar-refractivity contribution is 5.57. The molecule has 0 aliphatic heterocycles. The number of aromatic nitrogens is 2. The van der Waals surface area contributed by atoms with Crippen LogP contribution in [-0.2, 0) is 0 Å². The van der Waals surface area contributed by atoms with E-state index < -0.39 is 0 Å². The Hall–Kier alpha value is -2.35. The molecule has 2 aromatic heterocycles. The molecular weight excluding hydrogens is 192 g/mol. The third-order valence-electron chi connectivity index (χ3n) is 2.00. The number of nitrogens with zero attached hydrogens (tertiary/aromatic N) is 3. The minimum absolute atomic E-state index is 0.165. The summed E-state index contributed by atoms with van der Waals surface area (Å²) in [6.45, 7) is 1.89. The Balaban J connectivity index is 2.53. The van der Waals surface area contributed by atoms with Gasteiger partial charge in [-0.25, -0.2) is 9.97 Å². The highest BCUT2D eigenvalue weighted by atomic mass is 16.3. The largest absolute Gasteiger partial charge is 0.461 e. The first-order chi connectivity index (χ1) is 7.22. The van der Waals surface area contributed by atoms with Gasteiger partial charge in [-0.1, -0.05) is 0 Å². The summed E-state index contributed by atoms with van der Waals surface area (Å²) in [6.07, 6.45) is 2.95. The van der Waals surface area contributed by atoms with E-state index in [1.54, 1.807) is 6.26 Å². The normalized spacial score (nSPS) is 9.87. The van der Waals surface area contributed by atoms with Crippen molar-refractivity contribution in [3.8, 4) is 17.7 Å². The lowest BCUT2D eigenvalue weighted by molar-refractivity contribution is 0.575. The molecule has 0 atom stereocenters. The number of nitrogen functional groups attached to an aromatic ring is 1. The number of anilines is 1. The Morgan fingerprint density at radius 1 is 1.53 bits per heavy atom. The summed E-state index contributed by atoms with van der Waals surface area (Å²) >= 11 is 0. The van der Waals surface area contributed by atoms with Crippen molar-refractivity contribution in [1.29, 1.82) is 5.26 Å². The van der Waals surface area contributed by atoms with Crippen LogP contribution in [0.3, 0.4) is 0 Å². The van der Waals surface area contributed by atoms with Gasteiger partial charge in [-0.05, 0) is 18.6 Å². The van der Waals surface area contributed by atoms with Gasteiger partial charge in [0.15, 0.2) is 11.6 Å². The Kier molecular flexibility index (Phi) is 2.10. The van der Waals surface area contributed by atoms with E-state index in [-0.39, 0.29) is 11.4 Å². The second-order valence-corrected chi connectivity index (χ2v) is 3.04. The molecule has 0 saturated heterocycles. The molecule has 0 fully saturated rings. The van der Waals surface area contributed by atoms with Crippen LogP contribution in [0.2, 0.25) is 0 Å². The molecule has 0 radical (unpaired) electrons. The number of hydrogen-bond acceptors (Lipinski definition) is 5. The van der Waals surface area contributed by atoms with Crippen LogP contribution in [0, 0.1) is 18.3 Å². The summed E-state index contributed by atoms with van der Waals surface area (Å²) in [7, 11) is 0. The lowest BCUT2D eigenvalue weighted by Crippen LogP contribution is -1.98. The number of aryl methyl sites for hydroxylation is 1. The minimum atomic E-state index is 0.165. The van der Waals surface area contributed by atoms with Gasteiger partial charge in [-0.2, -0.15) is 5.26 Å². The van der Waals surface area contributed by atoms with E-state index in [1.807, 2.05) is 19.1 Å². The van der Waals surface area contributed by atoms with E-state index >= 15 is 0 Å². The highest BCUT2D eigenvalue weighted by Gasteiger charge is 2.10. The summed E-state index contributed by atoms with van der Waals surface area (Å²) in [5, 5.41) is 8.66. The van der Waals surface area contributed by atoms with Gasteiger partial charge in [0.1, 0.15) is 17.5 Å². The van der Waals surface area contributed by atoms with Crippen molar-refractivity contribution in [3.63, 3.8) is 0 Å². The molecule has 0 aromatic carbocycles. The lowest BCUT2D eigenvalue weighted by atomic mass is 10.2. The average molecular weight is 200 g/mol. The van der Waals surface area contributed by atoms with Gasteiger partial charge in [0.25, 0.3) is 0 Å². The SMILES string of the molecule is Cc1ccoc1-c1ncc(C#N)c(N)n1. The molecule has 0 spiro atoms. The molecule has 0 aliphatic carbocycles. The zero-order chi connectivity index (χ0) is 10.8. The quantitative estimate of drug-likeness (QED) is 0.753. The monoisotopic (exact) mass is 200 g/mol. The van der Waals surface area contributed by atoms with Gasteiger partial charge in [0.2, 0.25) is 0 Å². The minimum Gasteiger partial charge on any atom is -0.461 e. The van der Waals surface area contributed by atoms with E-state index in [0.717, 1.165) is 5.56 Å². The fraction of sp³-hybridized carbons (Fsp3) is 0.100. The molecule has 0 aliphatic rings. The maximum Gasteiger partial charge on any atom is 0.197 e. The average Bonchev–Trinajstić information content (AvgIpc) is 2.64. The Bertz CT molecular complexity index is 539. The Labute approximate surface area is 86.2 Å². The van der Waals surface area contributed by atoms with Crippen LogP contribution in [0.4, 0.5) is 5.82 Å². The summed E-state index contributed by atoms with van der Waals surface area (Å²) in [5.41, 5.74) is 6.77. The molecule has 5 nitrogen and oxygen atoms in total. The summed E-state index contributed by atoms with van der Waals surface area (Å²) < 4.78 is 5.22. The third-order valence-corrected chi connectivity index (χ3v) is 2.00. The lowest BCUT2D eigenvalue weighted by Gasteiger charge is -1.99. The topological polar surface area (TPSA) is 88.7 Å². The molecule has 0 unspecified atom stereocenters. The van der Waals surface area contributed by atoms with E-state index in [1.165, 1.54) is 6.20 Å². The number of furan rings is 1. The second kappa shape index (κ2) is 3.42. The molecule has 5 heteroatoms. The van der Waals surface area contributed by atoms with Gasteiger partial charge in [0.05, 0.1) is 12.5 Å². The number of rotatable bonds is 1. The van der Waals surface area contributed by atoms with Gasteiger partial charge >= 0.3 is 0 Å². The van der Waals surface area contributed by atoms with Gasteiger partial charge < -0.3 is 10.2 Å². The van der Waals surface area contributed by atoms with Crippen LogP contribution in [0.25, 0.3) is 11.6 Å². The molecule has 0 bridgehead atoms. The van der Waals surface area contributed by atoms with E-state index in [0.29, 0.717) is 11.6 Å². The molecular formula is C10H8N4O. The summed E-state index contributed by atoms with van der Waals surface area (Å²) in [6, 6.07) is 3.71. The molecule has 2 heterocycles. The molecule has 2 aromatic rings. The Morgan fingerprint density at radius 2 is 2.33 bits per heavy atom. The van der Waals surface area contributed by atoms with Crippen molar-refractivity contribution >= 4 is 5.82 Å². The summed E-state index contributed by atoms with van der Waals surface area (Å²) in [4.78, 5) is 8.00. The standard InChI is InChI=1S/C10H8N4O/c1-6-2-3-15-8(6)10-13-5-7(4-11)9(12)14-10/h2-3,5H,1H3,(H2,12,13,14). The van der Waals surface area contributed by atoms with Crippen molar-refractivity contribution in [2.24, 2.45) is 0 Å². The molecule has 15 heavy (non-hydrogen) atoms. The van der Waals surface area contributed by atoms with Crippen molar-refractivity contribution in [2.75, 3.05) is 5.73 Å². The van der Waals surface area contributed by atoms with Crippen LogP contribution < -0.4 is 5.73 Å². The molecule has 74 valence electrons. The van der Waals surface area contributed by atoms with Crippen molar-refractivity contribution in [1.82, 2.24) is 9.97 Å². The third kappa shape index (κ3) is 1.53. The fourth-order valence-electron chi connectivity index (χ4n) is 1.19. The molecule has 2 rings (SSSR count). The predicted molar refractivity (Wildman–Crippen MR) is 53.6 cm³/mol. The van der Waals surface area contributed by atoms with Crippen LogP contribution in [-0.4, -0.2) is 9.97 Å². The first kappa shape index (κ1) is 9.21. The highest BCUT2D eigenvalue weighted by Crippen LogP contribution is 2.21.